The van der Waals surface area contributed by atoms with E-state index in [0.29, 0.717) is 17.0 Å². The minimum absolute atomic E-state index is 0.0176. The van der Waals surface area contributed by atoms with Gasteiger partial charge in [0.1, 0.15) is 17.6 Å². The average molecular weight is 526 g/mol. The van der Waals surface area contributed by atoms with Gasteiger partial charge >= 0.3 is 5.97 Å². The Kier molecular flexibility index (Phi) is 5.96. The fraction of sp³-hybridized carbons (Fsp3) is 0.136. The highest BCUT2D eigenvalue weighted by molar-refractivity contribution is 7.92. The molecule has 3 aromatic heterocycles. The smallest absolute Gasteiger partial charge is 0.374 e. The lowest BCUT2D eigenvalue weighted by Gasteiger charge is -2.18. The monoisotopic (exact) mass is 526 g/mol. The summed E-state index contributed by atoms with van der Waals surface area (Å²) in [7, 11) is -3.10. The molecule has 2 amide bonds. The fourth-order valence-electron chi connectivity index (χ4n) is 3.57. The third-order valence-corrected chi connectivity index (χ3v) is 6.52. The van der Waals surface area contributed by atoms with Gasteiger partial charge in [0.15, 0.2) is 12.3 Å². The van der Waals surface area contributed by atoms with Crippen molar-refractivity contribution >= 4 is 50.2 Å². The van der Waals surface area contributed by atoms with Gasteiger partial charge in [0.25, 0.3) is 21.8 Å². The molecule has 5 rings (SSSR count). The summed E-state index contributed by atoms with van der Waals surface area (Å²) < 4.78 is 42.7. The van der Waals surface area contributed by atoms with Crippen LogP contribution in [0.2, 0.25) is 0 Å². The molecule has 0 saturated carbocycles. The standard InChI is InChI=1S/C22H18N6O8S/c1-34-22(31)15-4-5-17(36-15)37(32,33)28-13-8-23-19-18(13)25-10-26-20(19)21(30)24-7-11-2-3-14-12(6-11)27-16(29)9-35-14/h2-6,8,10,23,28H,7,9H2,1H3,(H,24,30)(H,27,29). The summed E-state index contributed by atoms with van der Waals surface area (Å²) in [5, 5.41) is 4.91. The van der Waals surface area contributed by atoms with Crippen molar-refractivity contribution in [1.82, 2.24) is 20.3 Å². The van der Waals surface area contributed by atoms with Crippen LogP contribution in [0.15, 0.2) is 52.4 Å². The quantitative estimate of drug-likeness (QED) is 0.256. The average Bonchev–Trinajstić information content (AvgIpc) is 3.55. The first-order chi connectivity index (χ1) is 17.7. The van der Waals surface area contributed by atoms with Crippen LogP contribution in [0.5, 0.6) is 5.75 Å². The van der Waals surface area contributed by atoms with Gasteiger partial charge in [0.2, 0.25) is 10.9 Å². The Morgan fingerprint density at radius 2 is 2.03 bits per heavy atom. The summed E-state index contributed by atoms with van der Waals surface area (Å²) in [4.78, 5) is 46.9. The van der Waals surface area contributed by atoms with Crippen molar-refractivity contribution < 1.29 is 36.7 Å². The molecule has 0 saturated heterocycles. The number of aromatic amines is 1. The van der Waals surface area contributed by atoms with Gasteiger partial charge in [-0.2, -0.15) is 8.42 Å². The van der Waals surface area contributed by atoms with Crippen molar-refractivity contribution in [2.24, 2.45) is 0 Å². The second kappa shape index (κ2) is 9.27. The number of methoxy groups -OCH3 is 1. The van der Waals surface area contributed by atoms with Crippen molar-refractivity contribution in [1.29, 1.82) is 0 Å². The van der Waals surface area contributed by atoms with Crippen molar-refractivity contribution in [3.8, 4) is 5.75 Å². The number of rotatable bonds is 7. The molecule has 0 spiro atoms. The van der Waals surface area contributed by atoms with E-state index < -0.39 is 27.0 Å². The van der Waals surface area contributed by atoms with Gasteiger partial charge in [-0.15, -0.1) is 0 Å². The number of H-pyrrole nitrogens is 1. The molecule has 4 heterocycles. The van der Waals surface area contributed by atoms with E-state index in [4.69, 9.17) is 9.15 Å². The van der Waals surface area contributed by atoms with E-state index in [1.807, 2.05) is 0 Å². The number of ether oxygens (including phenoxy) is 2. The van der Waals surface area contributed by atoms with Gasteiger partial charge in [-0.05, 0) is 29.8 Å². The van der Waals surface area contributed by atoms with Crippen LogP contribution in [0.1, 0.15) is 26.6 Å². The number of amides is 2. The first-order valence-electron chi connectivity index (χ1n) is 10.6. The lowest BCUT2D eigenvalue weighted by atomic mass is 10.1. The molecule has 37 heavy (non-hydrogen) atoms. The van der Waals surface area contributed by atoms with E-state index in [0.717, 1.165) is 19.5 Å². The number of hydrogen-bond acceptors (Lipinski definition) is 10. The number of hydrogen-bond donors (Lipinski definition) is 4. The van der Waals surface area contributed by atoms with E-state index >= 15 is 0 Å². The van der Waals surface area contributed by atoms with Crippen molar-refractivity contribution in [2.75, 3.05) is 23.8 Å². The predicted molar refractivity (Wildman–Crippen MR) is 126 cm³/mol. The molecule has 0 atom stereocenters. The van der Waals surface area contributed by atoms with Crippen molar-refractivity contribution in [2.45, 2.75) is 11.6 Å². The molecule has 0 fully saturated rings. The zero-order valence-corrected chi connectivity index (χ0v) is 19.8. The molecule has 4 N–H and O–H groups in total. The molecule has 0 unspecified atom stereocenters. The summed E-state index contributed by atoms with van der Waals surface area (Å²) in [6.45, 7) is 0.0613. The number of carbonyl (C=O) groups is 3. The topological polar surface area (TPSA) is 195 Å². The number of furan rings is 1. The molecule has 0 bridgehead atoms. The first kappa shape index (κ1) is 23.8. The number of nitrogens with one attached hydrogen (secondary N) is 4. The van der Waals surface area contributed by atoms with E-state index in [1.165, 1.54) is 12.3 Å². The SMILES string of the molecule is COC(=O)c1ccc(S(=O)(=O)Nc2c[nH]c3c(C(=O)NCc4ccc5c(c4)NC(=O)CO5)ncnc23)o1. The number of esters is 1. The number of sulfonamides is 1. The summed E-state index contributed by atoms with van der Waals surface area (Å²) in [5.74, 6) is -1.39. The van der Waals surface area contributed by atoms with Gasteiger partial charge in [0.05, 0.1) is 24.0 Å². The maximum atomic E-state index is 12.9. The van der Waals surface area contributed by atoms with E-state index in [9.17, 15) is 22.8 Å². The van der Waals surface area contributed by atoms with Crippen LogP contribution >= 0.6 is 0 Å². The Morgan fingerprint density at radius 3 is 2.84 bits per heavy atom. The van der Waals surface area contributed by atoms with Crippen LogP contribution in [0.4, 0.5) is 11.4 Å². The lowest BCUT2D eigenvalue weighted by molar-refractivity contribution is -0.118. The Bertz CT molecular complexity index is 1660. The lowest BCUT2D eigenvalue weighted by Crippen LogP contribution is -2.26. The third kappa shape index (κ3) is 4.66. The van der Waals surface area contributed by atoms with Gasteiger partial charge < -0.3 is 29.5 Å². The van der Waals surface area contributed by atoms with E-state index in [-0.39, 0.29) is 47.2 Å². The Labute approximate surface area is 208 Å². The van der Waals surface area contributed by atoms with Gasteiger partial charge in [0, 0.05) is 12.7 Å². The number of fused-ring (bicyclic) bond motifs is 2. The Morgan fingerprint density at radius 1 is 1.19 bits per heavy atom. The summed E-state index contributed by atoms with van der Waals surface area (Å²) in [6, 6.07) is 7.40. The zero-order chi connectivity index (χ0) is 26.2. The molecule has 1 aliphatic rings. The van der Waals surface area contributed by atoms with E-state index in [2.05, 4.69) is 35.0 Å². The number of benzene rings is 1. The first-order valence-corrected chi connectivity index (χ1v) is 12.1. The second-order valence-electron chi connectivity index (χ2n) is 7.71. The minimum atomic E-state index is -4.23. The largest absolute Gasteiger partial charge is 0.482 e. The highest BCUT2D eigenvalue weighted by Crippen LogP contribution is 2.29. The van der Waals surface area contributed by atoms with Crippen LogP contribution in [-0.2, 0) is 26.1 Å². The van der Waals surface area contributed by atoms with Crippen LogP contribution in [0.25, 0.3) is 11.0 Å². The minimum Gasteiger partial charge on any atom is -0.482 e. The number of anilines is 2. The van der Waals surface area contributed by atoms with E-state index in [1.54, 1.807) is 18.2 Å². The Hall–Kier alpha value is -4.92. The van der Waals surface area contributed by atoms with Crippen LogP contribution in [0.3, 0.4) is 0 Å². The third-order valence-electron chi connectivity index (χ3n) is 5.29. The number of carbonyl (C=O) groups excluding carboxylic acids is 3. The van der Waals surface area contributed by atoms with Crippen LogP contribution in [0, 0.1) is 0 Å². The van der Waals surface area contributed by atoms with Gasteiger partial charge in [-0.3, -0.25) is 14.3 Å². The molecule has 0 radical (unpaired) electrons. The normalized spacial score (nSPS) is 12.8. The maximum Gasteiger partial charge on any atom is 0.374 e. The Balaban J connectivity index is 1.33. The highest BCUT2D eigenvalue weighted by atomic mass is 32.2. The van der Waals surface area contributed by atoms with Crippen LogP contribution < -0.4 is 20.1 Å². The maximum absolute atomic E-state index is 12.9. The molecular formula is C22H18N6O8S. The molecule has 4 aromatic rings. The predicted octanol–water partition coefficient (Wildman–Crippen LogP) is 1.40. The zero-order valence-electron chi connectivity index (χ0n) is 19.0. The second-order valence-corrected chi connectivity index (χ2v) is 9.33. The fourth-order valence-corrected chi connectivity index (χ4v) is 4.56. The van der Waals surface area contributed by atoms with Crippen molar-refractivity contribution in [3.63, 3.8) is 0 Å². The van der Waals surface area contributed by atoms with Crippen LogP contribution in [-0.4, -0.2) is 54.9 Å². The van der Waals surface area contributed by atoms with Crippen molar-refractivity contribution in [3.05, 3.63) is 59.9 Å². The number of aromatic nitrogens is 3. The molecule has 15 heteroatoms. The van der Waals surface area contributed by atoms with Gasteiger partial charge in [-0.1, -0.05) is 6.07 Å². The molecule has 0 aliphatic carbocycles. The molecular weight excluding hydrogens is 508 g/mol. The summed E-state index contributed by atoms with van der Waals surface area (Å²) in [5.41, 5.74) is 1.55. The number of nitrogens with zero attached hydrogens (tertiary/aromatic N) is 2. The summed E-state index contributed by atoms with van der Waals surface area (Å²) in [6.07, 6.45) is 2.43. The molecule has 1 aliphatic heterocycles. The summed E-state index contributed by atoms with van der Waals surface area (Å²) >= 11 is 0. The molecule has 14 nitrogen and oxygen atoms in total. The van der Waals surface area contributed by atoms with Gasteiger partial charge in [-0.25, -0.2) is 14.8 Å². The highest BCUT2D eigenvalue weighted by Gasteiger charge is 2.24. The molecule has 1 aromatic carbocycles. The molecule has 190 valence electrons.